The number of hydrogen-bond acceptors (Lipinski definition) is 11. The van der Waals surface area contributed by atoms with E-state index >= 15 is 0 Å². The number of anilines is 1. The van der Waals surface area contributed by atoms with Crippen molar-refractivity contribution < 1.29 is 28.5 Å². The van der Waals surface area contributed by atoms with Crippen molar-refractivity contribution in [3.05, 3.63) is 53.8 Å². The molecule has 0 unspecified atom stereocenters. The van der Waals surface area contributed by atoms with Crippen LogP contribution in [0.1, 0.15) is 17.3 Å². The summed E-state index contributed by atoms with van der Waals surface area (Å²) in [5, 5.41) is 7.94. The molecule has 12 nitrogen and oxygen atoms in total. The summed E-state index contributed by atoms with van der Waals surface area (Å²) in [6.45, 7) is 3.04. The van der Waals surface area contributed by atoms with Gasteiger partial charge in [-0.15, -0.1) is 11.3 Å². The molecule has 0 aromatic carbocycles. The average molecular weight is 565 g/mol. The maximum absolute atomic E-state index is 12.4. The van der Waals surface area contributed by atoms with Crippen molar-refractivity contribution in [1.82, 2.24) is 25.3 Å². The van der Waals surface area contributed by atoms with E-state index in [1.54, 1.807) is 43.9 Å². The third kappa shape index (κ3) is 6.50. The predicted octanol–water partition coefficient (Wildman–Crippen LogP) is 4.29. The first-order valence-electron chi connectivity index (χ1n) is 12.2. The van der Waals surface area contributed by atoms with Gasteiger partial charge >= 0.3 is 12.0 Å². The fraction of sp³-hybridized carbons (Fsp3) is 0.259. The number of thiazole rings is 1. The molecule has 4 rings (SSSR count). The highest BCUT2D eigenvalue weighted by atomic mass is 32.1. The fourth-order valence-corrected chi connectivity index (χ4v) is 4.56. The lowest BCUT2D eigenvalue weighted by molar-refractivity contribution is 0.0596. The number of ether oxygens (including phenoxy) is 4. The van der Waals surface area contributed by atoms with Crippen LogP contribution in [0.15, 0.2) is 48.2 Å². The third-order valence-corrected chi connectivity index (χ3v) is 6.43. The summed E-state index contributed by atoms with van der Waals surface area (Å²) in [5.74, 6) is 0.297. The molecule has 13 heteroatoms. The molecule has 4 aromatic heterocycles. The van der Waals surface area contributed by atoms with E-state index in [4.69, 9.17) is 23.9 Å². The normalized spacial score (nSPS) is 10.6. The molecular formula is C27H28N6O6S. The van der Waals surface area contributed by atoms with Crippen LogP contribution >= 0.6 is 11.3 Å². The number of nitrogens with one attached hydrogen (secondary N) is 2. The lowest BCUT2D eigenvalue weighted by Gasteiger charge is -2.13. The Kier molecular flexibility index (Phi) is 9.54. The number of esters is 1. The maximum Gasteiger partial charge on any atom is 0.343 e. The van der Waals surface area contributed by atoms with Gasteiger partial charge in [-0.3, -0.25) is 5.32 Å². The summed E-state index contributed by atoms with van der Waals surface area (Å²) in [6, 6.07) is 6.63. The van der Waals surface area contributed by atoms with E-state index < -0.39 is 5.97 Å². The van der Waals surface area contributed by atoms with Crippen LogP contribution in [-0.4, -0.2) is 73.0 Å². The van der Waals surface area contributed by atoms with Crippen LogP contribution in [0.4, 0.5) is 10.6 Å². The molecular weight excluding hydrogens is 536 g/mol. The monoisotopic (exact) mass is 564 g/mol. The van der Waals surface area contributed by atoms with E-state index in [0.29, 0.717) is 58.8 Å². The Morgan fingerprint density at radius 2 is 1.82 bits per heavy atom. The Labute approximate surface area is 234 Å². The van der Waals surface area contributed by atoms with E-state index in [9.17, 15) is 9.59 Å². The van der Waals surface area contributed by atoms with Crippen molar-refractivity contribution in [2.24, 2.45) is 0 Å². The quantitative estimate of drug-likeness (QED) is 0.200. The summed E-state index contributed by atoms with van der Waals surface area (Å²) >= 11 is 1.39. The minimum atomic E-state index is -0.593. The van der Waals surface area contributed by atoms with Gasteiger partial charge in [0.05, 0.1) is 32.1 Å². The molecule has 0 bridgehead atoms. The predicted molar refractivity (Wildman–Crippen MR) is 150 cm³/mol. The van der Waals surface area contributed by atoms with Crippen molar-refractivity contribution in [1.29, 1.82) is 0 Å². The average Bonchev–Trinajstić information content (AvgIpc) is 3.47. The number of rotatable bonds is 11. The Morgan fingerprint density at radius 3 is 2.58 bits per heavy atom. The van der Waals surface area contributed by atoms with Crippen LogP contribution in [-0.2, 0) is 9.47 Å². The number of aromatic nitrogens is 4. The number of methoxy groups -OCH3 is 3. The maximum atomic E-state index is 12.4. The van der Waals surface area contributed by atoms with E-state index in [-0.39, 0.29) is 17.5 Å². The minimum Gasteiger partial charge on any atom is -0.480 e. The van der Waals surface area contributed by atoms with E-state index in [2.05, 4.69) is 25.6 Å². The molecule has 2 amide bonds. The van der Waals surface area contributed by atoms with E-state index in [1.807, 2.05) is 18.4 Å². The van der Waals surface area contributed by atoms with Crippen molar-refractivity contribution in [3.63, 3.8) is 0 Å². The number of carbonyl (C=O) groups is 2. The van der Waals surface area contributed by atoms with Gasteiger partial charge in [0.1, 0.15) is 23.0 Å². The van der Waals surface area contributed by atoms with Crippen LogP contribution in [0.3, 0.4) is 0 Å². The standard InChI is InChI=1S/C27H28N6O6S/c1-5-28-27(35)33-22-12-18(20(14-30-22)16-11-19(26(34)38-4)23(37-3)31-13-16)25-32-21(15-40-25)17-7-6-8-29-24(17)39-10-9-36-2/h6-8,11-15H,5,9-10H2,1-4H3,(H2,28,30,33,35). The molecule has 0 aliphatic heterocycles. The molecule has 0 saturated heterocycles. The second-order valence-corrected chi connectivity index (χ2v) is 8.97. The van der Waals surface area contributed by atoms with E-state index in [0.717, 1.165) is 5.56 Å². The first kappa shape index (κ1) is 28.4. The van der Waals surface area contributed by atoms with Gasteiger partial charge in [0.2, 0.25) is 11.8 Å². The summed E-state index contributed by atoms with van der Waals surface area (Å²) in [6.07, 6.45) is 4.81. The number of pyridine rings is 3. The molecule has 0 fully saturated rings. The molecule has 4 aromatic rings. The van der Waals surface area contributed by atoms with Crippen LogP contribution in [0.5, 0.6) is 11.8 Å². The summed E-state index contributed by atoms with van der Waals surface area (Å²) in [4.78, 5) is 42.5. The van der Waals surface area contributed by atoms with Gasteiger partial charge in [0, 0.05) is 54.3 Å². The number of carbonyl (C=O) groups excluding carboxylic acids is 2. The number of amides is 2. The lowest BCUT2D eigenvalue weighted by Crippen LogP contribution is -2.28. The van der Waals surface area contributed by atoms with Crippen LogP contribution in [0.2, 0.25) is 0 Å². The van der Waals surface area contributed by atoms with Crippen LogP contribution in [0, 0.1) is 0 Å². The SMILES string of the molecule is CCNC(=O)Nc1cc(-c2nc(-c3cccnc3OCCOC)cs2)c(-c2cnc(OC)c(C(=O)OC)c2)cn1. The second-order valence-electron chi connectivity index (χ2n) is 8.11. The number of nitrogens with zero attached hydrogens (tertiary/aromatic N) is 4. The zero-order chi connectivity index (χ0) is 28.5. The van der Waals surface area contributed by atoms with Crippen molar-refractivity contribution in [2.75, 3.05) is 46.4 Å². The first-order valence-corrected chi connectivity index (χ1v) is 13.1. The van der Waals surface area contributed by atoms with Gasteiger partial charge in [-0.05, 0) is 31.2 Å². The van der Waals surface area contributed by atoms with Gasteiger partial charge in [0.15, 0.2) is 0 Å². The molecule has 4 heterocycles. The van der Waals surface area contributed by atoms with Crippen molar-refractivity contribution >= 4 is 29.2 Å². The Bertz CT molecular complexity index is 1490. The lowest BCUT2D eigenvalue weighted by atomic mass is 10.0. The van der Waals surface area contributed by atoms with Gasteiger partial charge in [-0.25, -0.2) is 29.5 Å². The Balaban J connectivity index is 1.80. The third-order valence-electron chi connectivity index (χ3n) is 5.55. The summed E-state index contributed by atoms with van der Waals surface area (Å²) in [7, 11) is 4.31. The topological polar surface area (TPSA) is 147 Å². The zero-order valence-corrected chi connectivity index (χ0v) is 23.2. The molecule has 0 atom stereocenters. The molecule has 2 N–H and O–H groups in total. The number of hydrogen-bond donors (Lipinski definition) is 2. The van der Waals surface area contributed by atoms with Crippen LogP contribution in [0.25, 0.3) is 33.0 Å². The van der Waals surface area contributed by atoms with Gasteiger partial charge < -0.3 is 24.3 Å². The van der Waals surface area contributed by atoms with Gasteiger partial charge in [-0.2, -0.15) is 0 Å². The Morgan fingerprint density at radius 1 is 0.975 bits per heavy atom. The second kappa shape index (κ2) is 13.4. The summed E-state index contributed by atoms with van der Waals surface area (Å²) < 4.78 is 21.0. The number of urea groups is 1. The molecule has 40 heavy (non-hydrogen) atoms. The van der Waals surface area contributed by atoms with Gasteiger partial charge in [-0.1, -0.05) is 0 Å². The zero-order valence-electron chi connectivity index (χ0n) is 22.4. The summed E-state index contributed by atoms with van der Waals surface area (Å²) in [5.41, 5.74) is 3.40. The van der Waals surface area contributed by atoms with Gasteiger partial charge in [0.25, 0.3) is 0 Å². The molecule has 0 saturated carbocycles. The fourth-order valence-electron chi connectivity index (χ4n) is 3.71. The highest BCUT2D eigenvalue weighted by Crippen LogP contribution is 2.38. The highest BCUT2D eigenvalue weighted by molar-refractivity contribution is 7.13. The molecule has 208 valence electrons. The van der Waals surface area contributed by atoms with E-state index in [1.165, 1.54) is 25.6 Å². The molecule has 0 spiro atoms. The van der Waals surface area contributed by atoms with Crippen molar-refractivity contribution in [2.45, 2.75) is 6.92 Å². The Hall–Kier alpha value is -4.62. The van der Waals surface area contributed by atoms with Crippen LogP contribution < -0.4 is 20.1 Å². The molecule has 0 aliphatic carbocycles. The first-order chi connectivity index (χ1) is 19.5. The van der Waals surface area contributed by atoms with Crippen molar-refractivity contribution in [3.8, 4) is 44.7 Å². The minimum absolute atomic E-state index is 0.133. The largest absolute Gasteiger partial charge is 0.480 e. The molecule has 0 radical (unpaired) electrons. The molecule has 0 aliphatic rings. The smallest absolute Gasteiger partial charge is 0.343 e. The highest BCUT2D eigenvalue weighted by Gasteiger charge is 2.20.